The van der Waals surface area contributed by atoms with Gasteiger partial charge in [0.1, 0.15) is 5.84 Å². The molecule has 4 amide bonds. The smallest absolute Gasteiger partial charge is 0.351 e. The minimum atomic E-state index is -1.12. The molecule has 0 saturated carbocycles. The van der Waals surface area contributed by atoms with Crippen molar-refractivity contribution in [3.63, 3.8) is 0 Å². The molecule has 1 heterocycles. The summed E-state index contributed by atoms with van der Waals surface area (Å²) in [5, 5.41) is 0. The average Bonchev–Trinajstić information content (AvgIpc) is 2.72. The summed E-state index contributed by atoms with van der Waals surface area (Å²) >= 11 is 0. The summed E-state index contributed by atoms with van der Waals surface area (Å²) in [6.45, 7) is 0.171. The third kappa shape index (κ3) is 4.48. The summed E-state index contributed by atoms with van der Waals surface area (Å²) in [5.74, 6) is -1.02. The molecule has 1 atom stereocenters. The van der Waals surface area contributed by atoms with E-state index in [9.17, 15) is 14.4 Å². The number of likely N-dealkylation sites (N-methyl/N-ethyl adjacent to an activating group) is 1. The van der Waals surface area contributed by atoms with Crippen molar-refractivity contribution in [2.75, 3.05) is 26.0 Å². The monoisotopic (exact) mass is 407 g/mol. The fraction of sp³-hybridized carbons (Fsp3) is 0.273. The minimum Gasteiger partial charge on any atom is -0.385 e. The van der Waals surface area contributed by atoms with E-state index >= 15 is 0 Å². The average molecular weight is 407 g/mol. The quantitative estimate of drug-likeness (QED) is 0.785. The molecule has 1 aliphatic heterocycles. The van der Waals surface area contributed by atoms with Crippen molar-refractivity contribution in [2.24, 2.45) is 10.7 Å². The molecular formula is C22H25N5O3. The van der Waals surface area contributed by atoms with Gasteiger partial charge in [-0.25, -0.2) is 4.79 Å². The Bertz CT molecular complexity index is 970. The van der Waals surface area contributed by atoms with Gasteiger partial charge in [-0.05, 0) is 23.3 Å². The number of nitrogens with two attached hydrogens (primary N) is 1. The van der Waals surface area contributed by atoms with Crippen LogP contribution in [0.5, 0.6) is 0 Å². The van der Waals surface area contributed by atoms with Gasteiger partial charge < -0.3 is 15.5 Å². The highest BCUT2D eigenvalue weighted by molar-refractivity contribution is 6.19. The summed E-state index contributed by atoms with van der Waals surface area (Å²) in [6.07, 6.45) is 0.0925. The number of urea groups is 1. The van der Waals surface area contributed by atoms with Crippen LogP contribution in [0, 0.1) is 0 Å². The van der Waals surface area contributed by atoms with Crippen LogP contribution >= 0.6 is 0 Å². The minimum absolute atomic E-state index is 0.0925. The third-order valence-electron chi connectivity index (χ3n) is 4.99. The SMILES string of the molecule is CN1C(=O)N=C(N)C(N(Cc2ccccc2)C(=O)Cc2ccc(N(C)C)cc2)C1=O. The van der Waals surface area contributed by atoms with E-state index in [-0.39, 0.29) is 24.7 Å². The van der Waals surface area contributed by atoms with Gasteiger partial charge in [-0.1, -0.05) is 42.5 Å². The Morgan fingerprint density at radius 2 is 1.67 bits per heavy atom. The molecule has 2 N–H and O–H groups in total. The molecule has 2 aromatic rings. The number of carbonyl (C=O) groups excluding carboxylic acids is 3. The van der Waals surface area contributed by atoms with E-state index < -0.39 is 18.0 Å². The number of anilines is 1. The molecule has 2 aromatic carbocycles. The second kappa shape index (κ2) is 8.77. The molecule has 0 fully saturated rings. The highest BCUT2D eigenvalue weighted by atomic mass is 16.2. The van der Waals surface area contributed by atoms with Crippen LogP contribution < -0.4 is 10.6 Å². The molecule has 3 rings (SSSR count). The van der Waals surface area contributed by atoms with Crippen molar-refractivity contribution >= 4 is 29.4 Å². The number of imide groups is 1. The Morgan fingerprint density at radius 1 is 1.03 bits per heavy atom. The van der Waals surface area contributed by atoms with E-state index in [0.717, 1.165) is 21.7 Å². The van der Waals surface area contributed by atoms with Gasteiger partial charge in [0.25, 0.3) is 5.91 Å². The Hall–Kier alpha value is -3.68. The van der Waals surface area contributed by atoms with Gasteiger partial charge in [0, 0.05) is 33.4 Å². The van der Waals surface area contributed by atoms with Crippen molar-refractivity contribution in [2.45, 2.75) is 19.0 Å². The molecule has 156 valence electrons. The van der Waals surface area contributed by atoms with E-state index in [2.05, 4.69) is 4.99 Å². The van der Waals surface area contributed by atoms with Gasteiger partial charge in [-0.3, -0.25) is 14.5 Å². The lowest BCUT2D eigenvalue weighted by Gasteiger charge is -2.34. The second-order valence-electron chi connectivity index (χ2n) is 7.36. The first-order valence-electron chi connectivity index (χ1n) is 9.53. The Balaban J connectivity index is 1.90. The van der Waals surface area contributed by atoms with E-state index in [1.54, 1.807) is 0 Å². The molecule has 0 radical (unpaired) electrons. The third-order valence-corrected chi connectivity index (χ3v) is 4.99. The lowest BCUT2D eigenvalue weighted by molar-refractivity contribution is -0.141. The van der Waals surface area contributed by atoms with Crippen LogP contribution in [-0.4, -0.2) is 60.7 Å². The zero-order chi connectivity index (χ0) is 21.8. The predicted molar refractivity (Wildman–Crippen MR) is 115 cm³/mol. The number of benzene rings is 2. The number of nitrogens with zero attached hydrogens (tertiary/aromatic N) is 4. The molecule has 8 nitrogen and oxygen atoms in total. The summed E-state index contributed by atoms with van der Waals surface area (Å²) in [6, 6.07) is 15.1. The van der Waals surface area contributed by atoms with Crippen LogP contribution in [0.2, 0.25) is 0 Å². The summed E-state index contributed by atoms with van der Waals surface area (Å²) < 4.78 is 0. The molecule has 0 bridgehead atoms. The maximum atomic E-state index is 13.3. The largest absolute Gasteiger partial charge is 0.385 e. The number of hydrogen-bond donors (Lipinski definition) is 1. The molecule has 1 aliphatic rings. The molecule has 30 heavy (non-hydrogen) atoms. The van der Waals surface area contributed by atoms with Gasteiger partial charge in [0.15, 0.2) is 6.04 Å². The standard InChI is InChI=1S/C22H25N5O3/c1-25(2)17-11-9-15(10-12-17)13-18(28)27(14-16-7-5-4-6-8-16)19-20(23)24-22(30)26(3)21(19)29/h4-12,19H,13-14H2,1-3H3,(H2,23,24,30). The number of amidine groups is 1. The Labute approximate surface area is 175 Å². The predicted octanol–water partition coefficient (Wildman–Crippen LogP) is 1.64. The van der Waals surface area contributed by atoms with Crippen LogP contribution in [0.1, 0.15) is 11.1 Å². The molecule has 8 heteroatoms. The van der Waals surface area contributed by atoms with Crippen molar-refractivity contribution in [1.29, 1.82) is 0 Å². The van der Waals surface area contributed by atoms with Gasteiger partial charge >= 0.3 is 6.03 Å². The fourth-order valence-corrected chi connectivity index (χ4v) is 3.24. The van der Waals surface area contributed by atoms with Crippen LogP contribution in [-0.2, 0) is 22.6 Å². The van der Waals surface area contributed by atoms with Crippen molar-refractivity contribution in [3.8, 4) is 0 Å². The van der Waals surface area contributed by atoms with Gasteiger partial charge in [0.2, 0.25) is 5.91 Å². The molecule has 0 aromatic heterocycles. The normalized spacial score (nSPS) is 16.3. The van der Waals surface area contributed by atoms with E-state index in [0.29, 0.717) is 0 Å². The number of amides is 4. The number of carbonyl (C=O) groups is 3. The lowest BCUT2D eigenvalue weighted by Crippen LogP contribution is -2.60. The first kappa shape index (κ1) is 21.0. The molecule has 1 unspecified atom stereocenters. The fourth-order valence-electron chi connectivity index (χ4n) is 3.24. The van der Waals surface area contributed by atoms with Crippen molar-refractivity contribution in [1.82, 2.24) is 9.80 Å². The maximum Gasteiger partial charge on any atom is 0.351 e. The van der Waals surface area contributed by atoms with Gasteiger partial charge in [-0.2, -0.15) is 4.99 Å². The van der Waals surface area contributed by atoms with E-state index in [4.69, 9.17) is 5.73 Å². The lowest BCUT2D eigenvalue weighted by atomic mass is 10.1. The summed E-state index contributed by atoms with van der Waals surface area (Å²) in [7, 11) is 5.21. The summed E-state index contributed by atoms with van der Waals surface area (Å²) in [4.78, 5) is 45.9. The van der Waals surface area contributed by atoms with Crippen LogP contribution in [0.4, 0.5) is 10.5 Å². The highest BCUT2D eigenvalue weighted by Crippen LogP contribution is 2.18. The number of rotatable bonds is 6. The molecule has 0 spiro atoms. The van der Waals surface area contributed by atoms with E-state index in [1.807, 2.05) is 73.6 Å². The maximum absolute atomic E-state index is 13.3. The number of hydrogen-bond acceptors (Lipinski definition) is 5. The van der Waals surface area contributed by atoms with Crippen LogP contribution in [0.15, 0.2) is 59.6 Å². The first-order chi connectivity index (χ1) is 14.3. The first-order valence-corrected chi connectivity index (χ1v) is 9.53. The van der Waals surface area contributed by atoms with Gasteiger partial charge in [0.05, 0.1) is 6.42 Å². The van der Waals surface area contributed by atoms with E-state index in [1.165, 1.54) is 11.9 Å². The van der Waals surface area contributed by atoms with Gasteiger partial charge in [-0.15, -0.1) is 0 Å². The summed E-state index contributed by atoms with van der Waals surface area (Å²) in [5.41, 5.74) is 8.62. The Kier molecular flexibility index (Phi) is 6.15. The molecule has 0 aliphatic carbocycles. The second-order valence-corrected chi connectivity index (χ2v) is 7.36. The van der Waals surface area contributed by atoms with Crippen molar-refractivity contribution < 1.29 is 14.4 Å². The number of aliphatic imine (C=N–C) groups is 1. The van der Waals surface area contributed by atoms with Crippen LogP contribution in [0.3, 0.4) is 0 Å². The van der Waals surface area contributed by atoms with Crippen molar-refractivity contribution in [3.05, 3.63) is 65.7 Å². The highest BCUT2D eigenvalue weighted by Gasteiger charge is 2.40. The topological polar surface area (TPSA) is 99.3 Å². The molecule has 0 saturated heterocycles. The molecular weight excluding hydrogens is 382 g/mol. The van der Waals surface area contributed by atoms with Crippen LogP contribution in [0.25, 0.3) is 0 Å². The zero-order valence-electron chi connectivity index (χ0n) is 17.3. The Morgan fingerprint density at radius 3 is 2.27 bits per heavy atom. The zero-order valence-corrected chi connectivity index (χ0v) is 17.3.